The van der Waals surface area contributed by atoms with Crippen LogP contribution in [-0.2, 0) is 10.0 Å². The molecule has 1 atom stereocenters. The van der Waals surface area contributed by atoms with E-state index in [2.05, 4.69) is 12.2 Å². The van der Waals surface area contributed by atoms with Gasteiger partial charge in [-0.1, -0.05) is 44.2 Å². The quantitative estimate of drug-likeness (QED) is 0.720. The highest BCUT2D eigenvalue weighted by Crippen LogP contribution is 2.28. The smallest absolute Gasteiger partial charge is 0.255 e. The van der Waals surface area contributed by atoms with Gasteiger partial charge in [0, 0.05) is 13.1 Å². The molecule has 0 saturated carbocycles. The minimum atomic E-state index is -3.65. The highest BCUT2D eigenvalue weighted by Gasteiger charge is 2.29. The minimum absolute atomic E-state index is 0.121. The van der Waals surface area contributed by atoms with Gasteiger partial charge < -0.3 is 10.1 Å². The number of nitrogens with zero attached hydrogens (tertiary/aromatic N) is 1. The van der Waals surface area contributed by atoms with Crippen LogP contribution in [0.1, 0.15) is 55.1 Å². The van der Waals surface area contributed by atoms with Crippen LogP contribution in [-0.4, -0.2) is 38.8 Å². The summed E-state index contributed by atoms with van der Waals surface area (Å²) in [4.78, 5) is 13.2. The average Bonchev–Trinajstić information content (AvgIpc) is 2.77. The zero-order valence-corrected chi connectivity index (χ0v) is 18.6. The summed E-state index contributed by atoms with van der Waals surface area (Å²) in [6, 6.07) is 14.0. The van der Waals surface area contributed by atoms with Crippen LogP contribution in [0.3, 0.4) is 0 Å². The summed E-state index contributed by atoms with van der Waals surface area (Å²) >= 11 is 0. The molecule has 1 saturated heterocycles. The molecule has 1 heterocycles. The first-order valence-corrected chi connectivity index (χ1v) is 11.8. The van der Waals surface area contributed by atoms with Crippen molar-refractivity contribution < 1.29 is 17.9 Å². The molecule has 0 aliphatic carbocycles. The Kier molecular flexibility index (Phi) is 7.15. The number of methoxy groups -OCH3 is 1. The first-order chi connectivity index (χ1) is 14.4. The molecule has 1 aliphatic rings. The Morgan fingerprint density at radius 3 is 2.43 bits per heavy atom. The highest BCUT2D eigenvalue weighted by atomic mass is 32.2. The molecule has 1 amide bonds. The van der Waals surface area contributed by atoms with Crippen molar-refractivity contribution in [3.8, 4) is 5.75 Å². The molecule has 6 nitrogen and oxygen atoms in total. The van der Waals surface area contributed by atoms with Gasteiger partial charge in [0.05, 0.1) is 23.6 Å². The van der Waals surface area contributed by atoms with Gasteiger partial charge >= 0.3 is 0 Å². The van der Waals surface area contributed by atoms with Crippen LogP contribution >= 0.6 is 0 Å². The van der Waals surface area contributed by atoms with Gasteiger partial charge in [-0.25, -0.2) is 8.42 Å². The van der Waals surface area contributed by atoms with Crippen LogP contribution in [0.2, 0.25) is 0 Å². The molecular formula is C23H30N2O4S. The zero-order chi connectivity index (χ0) is 21.7. The molecule has 0 bridgehead atoms. The van der Waals surface area contributed by atoms with Gasteiger partial charge in [-0.2, -0.15) is 4.31 Å². The van der Waals surface area contributed by atoms with Crippen LogP contribution in [0.15, 0.2) is 53.4 Å². The third-order valence-electron chi connectivity index (χ3n) is 5.71. The van der Waals surface area contributed by atoms with Crippen molar-refractivity contribution in [2.45, 2.75) is 44.0 Å². The van der Waals surface area contributed by atoms with E-state index >= 15 is 0 Å². The van der Waals surface area contributed by atoms with Crippen LogP contribution in [0.4, 0.5) is 0 Å². The topological polar surface area (TPSA) is 75.7 Å². The summed E-state index contributed by atoms with van der Waals surface area (Å²) < 4.78 is 33.1. The minimum Gasteiger partial charge on any atom is -0.496 e. The summed E-state index contributed by atoms with van der Waals surface area (Å²) in [5, 5.41) is 3.01. The number of sulfonamides is 1. The number of piperidine rings is 1. The molecule has 1 fully saturated rings. The van der Waals surface area contributed by atoms with Gasteiger partial charge in [0.25, 0.3) is 5.91 Å². The van der Waals surface area contributed by atoms with E-state index in [1.807, 2.05) is 37.3 Å². The zero-order valence-electron chi connectivity index (χ0n) is 17.8. The van der Waals surface area contributed by atoms with E-state index in [-0.39, 0.29) is 22.4 Å². The van der Waals surface area contributed by atoms with Gasteiger partial charge in [0.15, 0.2) is 0 Å². The second-order valence-electron chi connectivity index (χ2n) is 7.79. The Morgan fingerprint density at radius 1 is 1.17 bits per heavy atom. The van der Waals surface area contributed by atoms with E-state index in [1.165, 1.54) is 23.5 Å². The van der Waals surface area contributed by atoms with Crippen molar-refractivity contribution in [3.63, 3.8) is 0 Å². The van der Waals surface area contributed by atoms with Crippen molar-refractivity contribution in [1.82, 2.24) is 9.62 Å². The third kappa shape index (κ3) is 4.84. The summed E-state index contributed by atoms with van der Waals surface area (Å²) in [6.45, 7) is 5.13. The molecule has 1 unspecified atom stereocenters. The first-order valence-electron chi connectivity index (χ1n) is 10.4. The number of rotatable bonds is 7. The van der Waals surface area contributed by atoms with E-state index < -0.39 is 10.0 Å². The second-order valence-corrected chi connectivity index (χ2v) is 9.73. The highest BCUT2D eigenvalue weighted by molar-refractivity contribution is 7.89. The fourth-order valence-electron chi connectivity index (χ4n) is 3.74. The third-order valence-corrected chi connectivity index (χ3v) is 7.61. The molecule has 7 heteroatoms. The van der Waals surface area contributed by atoms with Crippen molar-refractivity contribution in [1.29, 1.82) is 0 Å². The first kappa shape index (κ1) is 22.3. The van der Waals surface area contributed by atoms with Crippen LogP contribution in [0.25, 0.3) is 0 Å². The van der Waals surface area contributed by atoms with Gasteiger partial charge in [0.2, 0.25) is 10.0 Å². The molecule has 3 rings (SSSR count). The number of nitrogens with one attached hydrogen (secondary N) is 1. The predicted octanol–water partition coefficient (Wildman–Crippen LogP) is 4.00. The average molecular weight is 431 g/mol. The summed E-state index contributed by atoms with van der Waals surface area (Å²) in [5.41, 5.74) is 1.22. The molecular weight excluding hydrogens is 400 g/mol. The molecule has 0 radical (unpaired) electrons. The molecule has 1 aliphatic heterocycles. The van der Waals surface area contributed by atoms with Gasteiger partial charge in [0.1, 0.15) is 5.75 Å². The van der Waals surface area contributed by atoms with E-state index in [0.717, 1.165) is 18.4 Å². The van der Waals surface area contributed by atoms with E-state index in [4.69, 9.17) is 4.74 Å². The Balaban J connectivity index is 1.88. The lowest BCUT2D eigenvalue weighted by Gasteiger charge is -2.29. The normalized spacial score (nSPS) is 16.8. The number of carbonyl (C=O) groups is 1. The molecule has 1 N–H and O–H groups in total. The fraction of sp³-hybridized carbons (Fsp3) is 0.435. The van der Waals surface area contributed by atoms with E-state index in [9.17, 15) is 13.2 Å². The monoisotopic (exact) mass is 430 g/mol. The number of ether oxygens (including phenoxy) is 1. The lowest BCUT2D eigenvalue weighted by Crippen LogP contribution is -2.38. The fourth-order valence-corrected chi connectivity index (χ4v) is 5.24. The van der Waals surface area contributed by atoms with Gasteiger partial charge in [-0.3, -0.25) is 4.79 Å². The largest absolute Gasteiger partial charge is 0.496 e. The van der Waals surface area contributed by atoms with Crippen molar-refractivity contribution >= 4 is 15.9 Å². The molecule has 0 aromatic heterocycles. The summed E-state index contributed by atoms with van der Waals surface area (Å²) in [7, 11) is -2.18. The number of hydrogen-bond donors (Lipinski definition) is 1. The Morgan fingerprint density at radius 2 is 1.83 bits per heavy atom. The Labute approximate surface area is 179 Å². The Bertz CT molecular complexity index is 968. The number of amides is 1. The second kappa shape index (κ2) is 9.62. The maximum atomic E-state index is 13.1. The molecule has 2 aromatic rings. The molecule has 162 valence electrons. The number of hydrogen-bond acceptors (Lipinski definition) is 4. The van der Waals surface area contributed by atoms with Gasteiger partial charge in [-0.15, -0.1) is 0 Å². The lowest BCUT2D eigenvalue weighted by molar-refractivity contribution is 0.0932. The predicted molar refractivity (Wildman–Crippen MR) is 117 cm³/mol. The van der Waals surface area contributed by atoms with E-state index in [0.29, 0.717) is 31.2 Å². The number of benzene rings is 2. The standard InChI is InChI=1S/C23H30N2O4S/c1-4-21(18-8-6-5-7-9-18)24-23(26)20-16-19(10-11-22(20)29-3)30(27,28)25-14-12-17(2)13-15-25/h5-11,16-17,21H,4,12-15H2,1-3H3,(H,24,26). The van der Waals surface area contributed by atoms with Gasteiger partial charge in [-0.05, 0) is 48.9 Å². The maximum absolute atomic E-state index is 13.1. The summed E-state index contributed by atoms with van der Waals surface area (Å²) in [5.74, 6) is 0.520. The SMILES string of the molecule is CCC(NC(=O)c1cc(S(=O)(=O)N2CCC(C)CC2)ccc1OC)c1ccccc1. The van der Waals surface area contributed by atoms with E-state index in [1.54, 1.807) is 6.07 Å². The Hall–Kier alpha value is -2.38. The van der Waals surface area contributed by atoms with Crippen molar-refractivity contribution in [2.75, 3.05) is 20.2 Å². The maximum Gasteiger partial charge on any atom is 0.255 e. The lowest BCUT2D eigenvalue weighted by atomic mass is 10.0. The molecule has 0 spiro atoms. The van der Waals surface area contributed by atoms with Crippen LogP contribution in [0.5, 0.6) is 5.75 Å². The summed E-state index contributed by atoms with van der Waals surface area (Å²) in [6.07, 6.45) is 2.40. The van der Waals surface area contributed by atoms with Crippen molar-refractivity contribution in [2.24, 2.45) is 5.92 Å². The molecule has 30 heavy (non-hydrogen) atoms. The van der Waals surface area contributed by atoms with Crippen LogP contribution < -0.4 is 10.1 Å². The number of carbonyl (C=O) groups excluding carboxylic acids is 1. The molecule has 2 aromatic carbocycles. The van der Waals surface area contributed by atoms with Crippen molar-refractivity contribution in [3.05, 3.63) is 59.7 Å². The van der Waals surface area contributed by atoms with Crippen LogP contribution in [0, 0.1) is 5.92 Å².